The molecule has 0 spiro atoms. The highest BCUT2D eigenvalue weighted by Crippen LogP contribution is 2.34. The van der Waals surface area contributed by atoms with E-state index >= 15 is 0 Å². The molecule has 0 saturated heterocycles. The van der Waals surface area contributed by atoms with Gasteiger partial charge >= 0.3 is 5.97 Å². The number of Topliss-reactive ketones (excluding diaryl/α,β-unsaturated/α-hetero) is 1. The fourth-order valence-corrected chi connectivity index (χ4v) is 1.76. The molecule has 1 aliphatic rings. The van der Waals surface area contributed by atoms with Gasteiger partial charge in [0.1, 0.15) is 0 Å². The van der Waals surface area contributed by atoms with Crippen LogP contribution in [-0.2, 0) is 14.3 Å². The molecular formula is C14H24O3. The Kier molecular flexibility index (Phi) is 4.02. The fraction of sp³-hybridized carbons (Fsp3) is 0.857. The van der Waals surface area contributed by atoms with Gasteiger partial charge in [-0.1, -0.05) is 26.6 Å². The van der Waals surface area contributed by atoms with Crippen LogP contribution in [0.4, 0.5) is 0 Å². The molecule has 2 atom stereocenters. The second-order valence-electron chi connectivity index (χ2n) is 4.82. The first-order valence-electron chi connectivity index (χ1n) is 7.77. The van der Waals surface area contributed by atoms with E-state index in [4.69, 9.17) is 8.85 Å². The maximum atomic E-state index is 12.3. The molecule has 1 rings (SSSR count). The molecule has 0 amide bonds. The second kappa shape index (κ2) is 6.77. The standard InChI is InChI=1S/C14H24O3/c1-4-5-6-10(2)14(17-11(3)15)13(16)9-12-7-8-12/h10,12,14H,4-9H2,1-3H3/i4D2,14D. The molecule has 98 valence electrons. The molecule has 0 N–H and O–H groups in total. The van der Waals surface area contributed by atoms with Gasteiger partial charge in [-0.15, -0.1) is 0 Å². The first-order chi connectivity index (χ1) is 9.04. The molecular weight excluding hydrogens is 216 g/mol. The number of carbonyl (C=O) groups is 2. The Morgan fingerprint density at radius 2 is 2.18 bits per heavy atom. The third-order valence-electron chi connectivity index (χ3n) is 2.97. The summed E-state index contributed by atoms with van der Waals surface area (Å²) in [5.41, 5.74) is 0. The van der Waals surface area contributed by atoms with Crippen molar-refractivity contribution in [2.24, 2.45) is 11.8 Å². The number of rotatable bonds is 8. The van der Waals surface area contributed by atoms with Crippen LogP contribution in [0, 0.1) is 11.8 Å². The number of esters is 1. The van der Waals surface area contributed by atoms with Gasteiger partial charge in [-0.2, -0.15) is 0 Å². The highest BCUT2D eigenvalue weighted by molar-refractivity contribution is 5.85. The van der Waals surface area contributed by atoms with Crippen LogP contribution in [0.15, 0.2) is 0 Å². The quantitative estimate of drug-likeness (QED) is 0.615. The van der Waals surface area contributed by atoms with Crippen molar-refractivity contribution >= 4 is 11.8 Å². The lowest BCUT2D eigenvalue weighted by Gasteiger charge is -2.22. The Hall–Kier alpha value is -0.860. The summed E-state index contributed by atoms with van der Waals surface area (Å²) in [6, 6.07) is 0. The van der Waals surface area contributed by atoms with E-state index < -0.39 is 24.3 Å². The molecule has 3 nitrogen and oxygen atoms in total. The molecule has 0 radical (unpaired) electrons. The molecule has 0 heterocycles. The third-order valence-corrected chi connectivity index (χ3v) is 2.97. The van der Waals surface area contributed by atoms with Crippen molar-refractivity contribution in [2.45, 2.75) is 65.3 Å². The molecule has 1 aliphatic carbocycles. The predicted octanol–water partition coefficient (Wildman–Crippen LogP) is 3.11. The third kappa shape index (κ3) is 5.33. The Morgan fingerprint density at radius 3 is 2.65 bits per heavy atom. The van der Waals surface area contributed by atoms with E-state index in [0.29, 0.717) is 12.3 Å². The van der Waals surface area contributed by atoms with Crippen LogP contribution in [0.1, 0.15) is 63.4 Å². The van der Waals surface area contributed by atoms with Crippen molar-refractivity contribution in [3.05, 3.63) is 0 Å². The molecule has 1 saturated carbocycles. The average molecular weight is 243 g/mol. The van der Waals surface area contributed by atoms with Crippen molar-refractivity contribution in [3.63, 3.8) is 0 Å². The summed E-state index contributed by atoms with van der Waals surface area (Å²) in [6.45, 7) is 4.33. The monoisotopic (exact) mass is 243 g/mol. The first kappa shape index (κ1) is 10.1. The van der Waals surface area contributed by atoms with Crippen LogP contribution in [0.3, 0.4) is 0 Å². The topological polar surface area (TPSA) is 43.4 Å². The van der Waals surface area contributed by atoms with Crippen molar-refractivity contribution in [1.82, 2.24) is 0 Å². The molecule has 1 fully saturated rings. The highest BCUT2D eigenvalue weighted by atomic mass is 16.5. The molecule has 0 aromatic rings. The number of ketones is 1. The molecule has 2 unspecified atom stereocenters. The maximum absolute atomic E-state index is 12.3. The number of hydrogen-bond donors (Lipinski definition) is 0. The molecule has 0 bridgehead atoms. The minimum absolute atomic E-state index is 0.229. The second-order valence-corrected chi connectivity index (χ2v) is 4.82. The van der Waals surface area contributed by atoms with Crippen molar-refractivity contribution in [1.29, 1.82) is 0 Å². The molecule has 3 heteroatoms. The summed E-state index contributed by atoms with van der Waals surface area (Å²) in [5.74, 6) is -1.20. The van der Waals surface area contributed by atoms with Crippen molar-refractivity contribution in [2.75, 3.05) is 0 Å². The Balaban J connectivity index is 2.74. The van der Waals surface area contributed by atoms with E-state index in [1.807, 2.05) is 0 Å². The van der Waals surface area contributed by atoms with Gasteiger partial charge in [0.05, 0.1) is 1.37 Å². The fourth-order valence-electron chi connectivity index (χ4n) is 1.76. The molecule has 0 aromatic carbocycles. The summed E-state index contributed by atoms with van der Waals surface area (Å²) >= 11 is 0. The van der Waals surface area contributed by atoms with E-state index in [-0.39, 0.29) is 18.6 Å². The van der Waals surface area contributed by atoms with Gasteiger partial charge in [-0.3, -0.25) is 9.59 Å². The number of hydrogen-bond acceptors (Lipinski definition) is 3. The van der Waals surface area contributed by atoms with Gasteiger partial charge in [0.2, 0.25) is 0 Å². The summed E-state index contributed by atoms with van der Waals surface area (Å²) in [4.78, 5) is 23.5. The lowest BCUT2D eigenvalue weighted by molar-refractivity contribution is -0.156. The van der Waals surface area contributed by atoms with Gasteiger partial charge in [0.15, 0.2) is 11.9 Å². The van der Waals surface area contributed by atoms with Crippen LogP contribution in [-0.4, -0.2) is 17.8 Å². The van der Waals surface area contributed by atoms with Crippen LogP contribution < -0.4 is 0 Å². The Bertz CT molecular complexity index is 374. The minimum Gasteiger partial charge on any atom is -0.454 e. The zero-order valence-electron chi connectivity index (χ0n) is 13.9. The van der Waals surface area contributed by atoms with E-state index in [9.17, 15) is 9.59 Å². The molecule has 0 aliphatic heterocycles. The van der Waals surface area contributed by atoms with Crippen LogP contribution in [0.2, 0.25) is 0 Å². The Morgan fingerprint density at radius 1 is 1.53 bits per heavy atom. The highest BCUT2D eigenvalue weighted by Gasteiger charge is 2.32. The smallest absolute Gasteiger partial charge is 0.303 e. The average Bonchev–Trinajstić information content (AvgIpc) is 3.07. The maximum Gasteiger partial charge on any atom is 0.303 e. The number of ether oxygens (including phenoxy) is 1. The van der Waals surface area contributed by atoms with E-state index in [1.54, 1.807) is 6.92 Å². The Labute approximate surface area is 108 Å². The van der Waals surface area contributed by atoms with Gasteiger partial charge < -0.3 is 4.74 Å². The first-order valence-corrected chi connectivity index (χ1v) is 6.27. The summed E-state index contributed by atoms with van der Waals surface area (Å²) in [5, 5.41) is 0. The van der Waals surface area contributed by atoms with Crippen molar-refractivity contribution < 1.29 is 18.4 Å². The zero-order chi connectivity index (χ0) is 15.6. The lowest BCUT2D eigenvalue weighted by atomic mass is 9.93. The van der Waals surface area contributed by atoms with Gasteiger partial charge in [0.25, 0.3) is 0 Å². The largest absolute Gasteiger partial charge is 0.454 e. The lowest BCUT2D eigenvalue weighted by Crippen LogP contribution is -2.33. The van der Waals surface area contributed by atoms with E-state index in [0.717, 1.165) is 12.8 Å². The zero-order valence-corrected chi connectivity index (χ0v) is 10.9. The summed E-state index contributed by atoms with van der Waals surface area (Å²) < 4.78 is 28.3. The van der Waals surface area contributed by atoms with Crippen LogP contribution >= 0.6 is 0 Å². The van der Waals surface area contributed by atoms with Crippen molar-refractivity contribution in [3.8, 4) is 0 Å². The summed E-state index contributed by atoms with van der Waals surface area (Å²) in [6.07, 6.45) is -0.407. The predicted molar refractivity (Wildman–Crippen MR) is 66.6 cm³/mol. The molecule has 0 aromatic heterocycles. The summed E-state index contributed by atoms with van der Waals surface area (Å²) in [7, 11) is 0. The van der Waals surface area contributed by atoms with E-state index in [1.165, 1.54) is 13.8 Å². The normalized spacial score (nSPS) is 23.8. The molecule has 17 heavy (non-hydrogen) atoms. The van der Waals surface area contributed by atoms with Crippen LogP contribution in [0.5, 0.6) is 0 Å². The van der Waals surface area contributed by atoms with E-state index in [2.05, 4.69) is 0 Å². The van der Waals surface area contributed by atoms with Gasteiger partial charge in [-0.05, 0) is 25.2 Å². The van der Waals surface area contributed by atoms with Gasteiger partial charge in [0, 0.05) is 22.0 Å². The minimum atomic E-state index is -1.88. The van der Waals surface area contributed by atoms with Crippen LogP contribution in [0.25, 0.3) is 0 Å². The van der Waals surface area contributed by atoms with Gasteiger partial charge in [-0.25, -0.2) is 0 Å². The SMILES string of the molecule is [2H]C([2H])(C)CCC(C)C([2H])(OC(C)=O)C(=O)CC1CC1. The number of carbonyl (C=O) groups excluding carboxylic acids is 2.